The second-order valence-corrected chi connectivity index (χ2v) is 4.77. The van der Waals surface area contributed by atoms with Crippen LogP contribution >= 0.6 is 0 Å². The van der Waals surface area contributed by atoms with Crippen LogP contribution in [0.5, 0.6) is 0 Å². The van der Waals surface area contributed by atoms with Crippen LogP contribution in [0.3, 0.4) is 0 Å². The van der Waals surface area contributed by atoms with Gasteiger partial charge in [-0.3, -0.25) is 9.69 Å². The van der Waals surface area contributed by atoms with Crippen molar-refractivity contribution in [2.75, 3.05) is 13.1 Å². The van der Waals surface area contributed by atoms with Gasteiger partial charge in [-0.25, -0.2) is 0 Å². The Labute approximate surface area is 99.8 Å². The highest BCUT2D eigenvalue weighted by Gasteiger charge is 2.27. The molecule has 0 aromatic carbocycles. The summed E-state index contributed by atoms with van der Waals surface area (Å²) in [6.45, 7) is 10.1. The molecule has 0 aliphatic heterocycles. The number of carbonyl (C=O) groups is 1. The summed E-state index contributed by atoms with van der Waals surface area (Å²) in [6.07, 6.45) is 4.40. The Morgan fingerprint density at radius 1 is 1.12 bits per heavy atom. The van der Waals surface area contributed by atoms with E-state index >= 15 is 0 Å². The molecule has 0 saturated heterocycles. The maximum absolute atomic E-state index is 11.3. The molecule has 0 aliphatic carbocycles. The fraction of sp³-hybridized carbons (Fsp3) is 0.923. The van der Waals surface area contributed by atoms with E-state index in [0.717, 1.165) is 38.8 Å². The third-order valence-electron chi connectivity index (χ3n) is 2.88. The first-order valence-electron chi connectivity index (χ1n) is 6.51. The van der Waals surface area contributed by atoms with Crippen LogP contribution in [0.1, 0.15) is 53.4 Å². The minimum absolute atomic E-state index is 0.172. The molecular weight excluding hydrogens is 202 g/mol. The van der Waals surface area contributed by atoms with Crippen molar-refractivity contribution in [1.29, 1.82) is 0 Å². The number of aliphatic carboxylic acids is 1. The van der Waals surface area contributed by atoms with E-state index in [1.807, 2.05) is 13.8 Å². The van der Waals surface area contributed by atoms with Crippen molar-refractivity contribution in [3.05, 3.63) is 0 Å². The lowest BCUT2D eigenvalue weighted by molar-refractivity contribution is -0.145. The minimum atomic E-state index is -0.679. The molecule has 1 atom stereocenters. The maximum atomic E-state index is 11.3. The molecule has 0 heterocycles. The zero-order chi connectivity index (χ0) is 12.6. The first-order valence-corrected chi connectivity index (χ1v) is 6.51. The lowest BCUT2D eigenvalue weighted by atomic mass is 10.0. The number of rotatable bonds is 9. The first-order chi connectivity index (χ1) is 7.54. The standard InChI is InChI=1S/C13H27NO2/c1-5-7-9-14(10-8-6-2)12(11(3)4)13(15)16/h11-12H,5-10H2,1-4H3,(H,15,16). The highest BCUT2D eigenvalue weighted by atomic mass is 16.4. The van der Waals surface area contributed by atoms with Gasteiger partial charge < -0.3 is 5.11 Å². The van der Waals surface area contributed by atoms with Gasteiger partial charge in [-0.1, -0.05) is 40.5 Å². The van der Waals surface area contributed by atoms with Crippen LogP contribution in [0.4, 0.5) is 0 Å². The third kappa shape index (κ3) is 5.50. The first kappa shape index (κ1) is 15.4. The molecule has 1 N–H and O–H groups in total. The fourth-order valence-corrected chi connectivity index (χ4v) is 1.98. The molecule has 1 unspecified atom stereocenters. The van der Waals surface area contributed by atoms with Crippen molar-refractivity contribution in [3.63, 3.8) is 0 Å². The van der Waals surface area contributed by atoms with Crippen LogP contribution in [0.2, 0.25) is 0 Å². The number of hydrogen-bond donors (Lipinski definition) is 1. The number of nitrogens with zero attached hydrogens (tertiary/aromatic N) is 1. The van der Waals surface area contributed by atoms with Crippen LogP contribution in [-0.4, -0.2) is 35.1 Å². The van der Waals surface area contributed by atoms with Crippen molar-refractivity contribution < 1.29 is 9.90 Å². The Morgan fingerprint density at radius 2 is 1.56 bits per heavy atom. The van der Waals surface area contributed by atoms with Gasteiger partial charge in [0.25, 0.3) is 0 Å². The van der Waals surface area contributed by atoms with Crippen LogP contribution < -0.4 is 0 Å². The van der Waals surface area contributed by atoms with Crippen molar-refractivity contribution >= 4 is 5.97 Å². The molecule has 0 aliphatic rings. The average molecular weight is 229 g/mol. The minimum Gasteiger partial charge on any atom is -0.480 e. The topological polar surface area (TPSA) is 40.5 Å². The molecule has 0 radical (unpaired) electrons. The molecule has 0 bridgehead atoms. The lowest BCUT2D eigenvalue weighted by Crippen LogP contribution is -2.45. The van der Waals surface area contributed by atoms with Crippen molar-refractivity contribution in [3.8, 4) is 0 Å². The van der Waals surface area contributed by atoms with Gasteiger partial charge in [0.05, 0.1) is 0 Å². The van der Waals surface area contributed by atoms with Gasteiger partial charge in [-0.15, -0.1) is 0 Å². The Hall–Kier alpha value is -0.570. The smallest absolute Gasteiger partial charge is 0.321 e. The molecule has 0 rings (SSSR count). The zero-order valence-electron chi connectivity index (χ0n) is 11.2. The molecule has 0 saturated carbocycles. The summed E-state index contributed by atoms with van der Waals surface area (Å²) in [4.78, 5) is 13.4. The maximum Gasteiger partial charge on any atom is 0.321 e. The second-order valence-electron chi connectivity index (χ2n) is 4.77. The fourth-order valence-electron chi connectivity index (χ4n) is 1.98. The van der Waals surface area contributed by atoms with E-state index in [4.69, 9.17) is 0 Å². The van der Waals surface area contributed by atoms with Crippen molar-refractivity contribution in [2.45, 2.75) is 59.4 Å². The van der Waals surface area contributed by atoms with Crippen molar-refractivity contribution in [1.82, 2.24) is 4.90 Å². The SMILES string of the molecule is CCCCN(CCCC)C(C(=O)O)C(C)C. The van der Waals surface area contributed by atoms with Gasteiger partial charge in [0.1, 0.15) is 6.04 Å². The van der Waals surface area contributed by atoms with Crippen LogP contribution in [0, 0.1) is 5.92 Å². The number of carboxylic acid groups (broad SMARTS) is 1. The predicted octanol–water partition coefficient (Wildman–Crippen LogP) is 3.00. The number of hydrogen-bond acceptors (Lipinski definition) is 2. The van der Waals surface area contributed by atoms with Gasteiger partial charge in [0.15, 0.2) is 0 Å². The lowest BCUT2D eigenvalue weighted by Gasteiger charge is -2.31. The normalized spacial score (nSPS) is 13.4. The summed E-state index contributed by atoms with van der Waals surface area (Å²) < 4.78 is 0. The molecule has 16 heavy (non-hydrogen) atoms. The number of unbranched alkanes of at least 4 members (excludes halogenated alkanes) is 2. The van der Waals surface area contributed by atoms with Crippen LogP contribution in [0.15, 0.2) is 0 Å². The van der Waals surface area contributed by atoms with E-state index in [9.17, 15) is 9.90 Å². The highest BCUT2D eigenvalue weighted by molar-refractivity contribution is 5.73. The van der Waals surface area contributed by atoms with E-state index in [-0.39, 0.29) is 12.0 Å². The van der Waals surface area contributed by atoms with Crippen molar-refractivity contribution in [2.24, 2.45) is 5.92 Å². The monoisotopic (exact) mass is 229 g/mol. The summed E-state index contributed by atoms with van der Waals surface area (Å²) in [7, 11) is 0. The summed E-state index contributed by atoms with van der Waals surface area (Å²) >= 11 is 0. The Morgan fingerprint density at radius 3 is 1.81 bits per heavy atom. The Balaban J connectivity index is 4.46. The van der Waals surface area contributed by atoms with Gasteiger partial charge in [0, 0.05) is 0 Å². The summed E-state index contributed by atoms with van der Waals surface area (Å²) in [5, 5.41) is 9.27. The third-order valence-corrected chi connectivity index (χ3v) is 2.88. The van der Waals surface area contributed by atoms with E-state index < -0.39 is 5.97 Å². The molecule has 3 nitrogen and oxygen atoms in total. The molecule has 3 heteroatoms. The Bertz CT molecular complexity index is 184. The molecular formula is C13H27NO2. The zero-order valence-corrected chi connectivity index (χ0v) is 11.2. The van der Waals surface area contributed by atoms with Gasteiger partial charge in [0.2, 0.25) is 0 Å². The summed E-state index contributed by atoms with van der Waals surface area (Å²) in [5.41, 5.74) is 0. The summed E-state index contributed by atoms with van der Waals surface area (Å²) in [5.74, 6) is -0.506. The molecule has 0 aromatic rings. The molecule has 0 aromatic heterocycles. The molecule has 0 amide bonds. The average Bonchev–Trinajstić information content (AvgIpc) is 2.20. The predicted molar refractivity (Wildman–Crippen MR) is 67.7 cm³/mol. The van der Waals surface area contributed by atoms with E-state index in [2.05, 4.69) is 18.7 Å². The molecule has 0 spiro atoms. The van der Waals surface area contributed by atoms with E-state index in [0.29, 0.717) is 0 Å². The van der Waals surface area contributed by atoms with Gasteiger partial charge in [-0.2, -0.15) is 0 Å². The second kappa shape index (κ2) is 8.57. The largest absolute Gasteiger partial charge is 0.480 e. The summed E-state index contributed by atoms with van der Waals surface area (Å²) in [6, 6.07) is -0.321. The Kier molecular flexibility index (Phi) is 8.26. The quantitative estimate of drug-likeness (QED) is 0.660. The van der Waals surface area contributed by atoms with Gasteiger partial charge in [-0.05, 0) is 31.8 Å². The highest BCUT2D eigenvalue weighted by Crippen LogP contribution is 2.13. The number of carboxylic acids is 1. The van der Waals surface area contributed by atoms with Crippen LogP contribution in [-0.2, 0) is 4.79 Å². The van der Waals surface area contributed by atoms with Crippen LogP contribution in [0.25, 0.3) is 0 Å². The molecule has 0 fully saturated rings. The van der Waals surface area contributed by atoms with E-state index in [1.54, 1.807) is 0 Å². The molecule has 96 valence electrons. The van der Waals surface area contributed by atoms with Gasteiger partial charge >= 0.3 is 5.97 Å². The van der Waals surface area contributed by atoms with E-state index in [1.165, 1.54) is 0 Å².